The molecule has 1 amide bonds. The quantitative estimate of drug-likeness (QED) is 0.466. The third kappa shape index (κ3) is 4.32. The van der Waals surface area contributed by atoms with Crippen LogP contribution in [-0.2, 0) is 10.0 Å². The van der Waals surface area contributed by atoms with E-state index in [0.29, 0.717) is 10.7 Å². The van der Waals surface area contributed by atoms with Gasteiger partial charge in [0.25, 0.3) is 21.6 Å². The topological polar surface area (TPSA) is 131 Å². The molecular formula is C17H14N4O5S2. The normalized spacial score (nSPS) is 11.0. The second kappa shape index (κ2) is 7.74. The molecule has 1 heterocycles. The zero-order chi connectivity index (χ0) is 20.3. The van der Waals surface area contributed by atoms with Crippen molar-refractivity contribution in [2.24, 2.45) is 0 Å². The molecule has 0 atom stereocenters. The zero-order valence-electron chi connectivity index (χ0n) is 14.4. The number of carbonyl (C=O) groups is 1. The number of non-ortho nitro benzene ring substituents is 1. The van der Waals surface area contributed by atoms with Crippen LogP contribution in [0.5, 0.6) is 0 Å². The van der Waals surface area contributed by atoms with E-state index in [0.717, 1.165) is 24.3 Å². The number of hydrogen-bond donors (Lipinski definition) is 2. The van der Waals surface area contributed by atoms with Gasteiger partial charge in [0, 0.05) is 29.3 Å². The minimum atomic E-state index is -3.99. The number of nitro benzene ring substituents is 1. The standard InChI is InChI=1S/C17H14N4O5S2/c1-11-2-3-12(16(22)19-17-18-8-9-27-17)10-15(11)20-28(25,26)14-6-4-13(5-7-14)21(23)24/h2-10,20H,1H3,(H,18,19,22). The summed E-state index contributed by atoms with van der Waals surface area (Å²) in [5.41, 5.74) is 0.875. The van der Waals surface area contributed by atoms with Gasteiger partial charge >= 0.3 is 0 Å². The van der Waals surface area contributed by atoms with Crippen LogP contribution in [0.15, 0.2) is 58.9 Å². The van der Waals surface area contributed by atoms with Gasteiger partial charge < -0.3 is 0 Å². The molecule has 0 bridgehead atoms. The average molecular weight is 418 g/mol. The number of nitro groups is 1. The SMILES string of the molecule is Cc1ccc(C(=O)Nc2nccs2)cc1NS(=O)(=O)c1ccc([N+](=O)[O-])cc1. The number of amides is 1. The Labute approximate surface area is 164 Å². The Morgan fingerprint density at radius 3 is 2.50 bits per heavy atom. The van der Waals surface area contributed by atoms with Gasteiger partial charge in [-0.25, -0.2) is 13.4 Å². The molecule has 0 aliphatic heterocycles. The molecule has 0 saturated carbocycles. The molecule has 0 saturated heterocycles. The first kappa shape index (κ1) is 19.5. The van der Waals surface area contributed by atoms with Crippen molar-refractivity contribution in [3.8, 4) is 0 Å². The van der Waals surface area contributed by atoms with E-state index >= 15 is 0 Å². The van der Waals surface area contributed by atoms with E-state index in [9.17, 15) is 23.3 Å². The number of nitrogens with zero attached hydrogens (tertiary/aromatic N) is 2. The largest absolute Gasteiger partial charge is 0.298 e. The Bertz CT molecular complexity index is 1130. The van der Waals surface area contributed by atoms with Crippen molar-refractivity contribution in [1.29, 1.82) is 0 Å². The number of anilines is 2. The summed E-state index contributed by atoms with van der Waals surface area (Å²) in [7, 11) is -3.99. The molecule has 0 fully saturated rings. The van der Waals surface area contributed by atoms with Crippen LogP contribution in [0.3, 0.4) is 0 Å². The van der Waals surface area contributed by atoms with Crippen molar-refractivity contribution < 1.29 is 18.1 Å². The van der Waals surface area contributed by atoms with Gasteiger partial charge in [0.1, 0.15) is 0 Å². The predicted molar refractivity (Wildman–Crippen MR) is 105 cm³/mol. The molecule has 2 aromatic carbocycles. The summed E-state index contributed by atoms with van der Waals surface area (Å²) >= 11 is 1.26. The fraction of sp³-hybridized carbons (Fsp3) is 0.0588. The van der Waals surface area contributed by atoms with Crippen molar-refractivity contribution in [2.75, 3.05) is 10.0 Å². The lowest BCUT2D eigenvalue weighted by Crippen LogP contribution is -2.16. The van der Waals surface area contributed by atoms with Crippen LogP contribution in [0.2, 0.25) is 0 Å². The van der Waals surface area contributed by atoms with E-state index in [4.69, 9.17) is 0 Å². The summed E-state index contributed by atoms with van der Waals surface area (Å²) in [5.74, 6) is -0.425. The van der Waals surface area contributed by atoms with Gasteiger partial charge in [-0.3, -0.25) is 24.9 Å². The van der Waals surface area contributed by atoms with Crippen LogP contribution in [0, 0.1) is 17.0 Å². The predicted octanol–water partition coefficient (Wildman–Crippen LogP) is 3.41. The number of hydrogen-bond acceptors (Lipinski definition) is 7. The lowest BCUT2D eigenvalue weighted by molar-refractivity contribution is -0.384. The maximum absolute atomic E-state index is 12.6. The molecule has 0 spiro atoms. The van der Waals surface area contributed by atoms with E-state index in [1.54, 1.807) is 30.6 Å². The summed E-state index contributed by atoms with van der Waals surface area (Å²) in [6.07, 6.45) is 1.55. The highest BCUT2D eigenvalue weighted by atomic mass is 32.2. The fourth-order valence-corrected chi connectivity index (χ4v) is 3.92. The van der Waals surface area contributed by atoms with Crippen molar-refractivity contribution >= 4 is 43.8 Å². The molecule has 3 aromatic rings. The minimum absolute atomic E-state index is 0.129. The van der Waals surface area contributed by atoms with E-state index < -0.39 is 20.9 Å². The summed E-state index contributed by atoms with van der Waals surface area (Å²) in [5, 5.41) is 15.5. The molecule has 0 aliphatic rings. The molecule has 2 N–H and O–H groups in total. The first-order valence-electron chi connectivity index (χ1n) is 7.85. The second-order valence-electron chi connectivity index (χ2n) is 5.68. The third-order valence-electron chi connectivity index (χ3n) is 3.75. The highest BCUT2D eigenvalue weighted by Crippen LogP contribution is 2.23. The number of benzene rings is 2. The summed E-state index contributed by atoms with van der Waals surface area (Å²) in [6.45, 7) is 1.69. The summed E-state index contributed by atoms with van der Waals surface area (Å²) in [4.78, 5) is 26.3. The van der Waals surface area contributed by atoms with Gasteiger partial charge in [0.05, 0.1) is 15.5 Å². The van der Waals surface area contributed by atoms with Gasteiger partial charge in [-0.05, 0) is 36.8 Å². The van der Waals surface area contributed by atoms with Crippen LogP contribution in [0.4, 0.5) is 16.5 Å². The van der Waals surface area contributed by atoms with Crippen molar-refractivity contribution in [1.82, 2.24) is 4.98 Å². The van der Waals surface area contributed by atoms with Crippen molar-refractivity contribution in [3.05, 3.63) is 75.3 Å². The highest BCUT2D eigenvalue weighted by Gasteiger charge is 2.18. The minimum Gasteiger partial charge on any atom is -0.298 e. The van der Waals surface area contributed by atoms with Gasteiger partial charge in [0.2, 0.25) is 0 Å². The maximum Gasteiger partial charge on any atom is 0.269 e. The van der Waals surface area contributed by atoms with Crippen molar-refractivity contribution in [3.63, 3.8) is 0 Å². The van der Waals surface area contributed by atoms with Crippen LogP contribution in [0.25, 0.3) is 0 Å². The Hall–Kier alpha value is -3.31. The monoisotopic (exact) mass is 418 g/mol. The molecule has 3 rings (SSSR count). The number of aryl methyl sites for hydroxylation is 1. The third-order valence-corrected chi connectivity index (χ3v) is 5.82. The zero-order valence-corrected chi connectivity index (χ0v) is 16.1. The Morgan fingerprint density at radius 1 is 1.18 bits per heavy atom. The second-order valence-corrected chi connectivity index (χ2v) is 8.25. The van der Waals surface area contributed by atoms with Gasteiger partial charge in [-0.2, -0.15) is 0 Å². The number of sulfonamides is 1. The summed E-state index contributed by atoms with van der Waals surface area (Å²) < 4.78 is 27.6. The fourth-order valence-electron chi connectivity index (χ4n) is 2.28. The lowest BCUT2D eigenvalue weighted by atomic mass is 10.1. The number of rotatable bonds is 6. The number of aromatic nitrogens is 1. The Morgan fingerprint density at radius 2 is 1.89 bits per heavy atom. The number of carbonyl (C=O) groups excluding carboxylic acids is 1. The smallest absolute Gasteiger partial charge is 0.269 e. The molecule has 0 aliphatic carbocycles. The molecule has 9 nitrogen and oxygen atoms in total. The first-order chi connectivity index (χ1) is 13.3. The molecule has 0 radical (unpaired) electrons. The summed E-state index contributed by atoms with van der Waals surface area (Å²) in [6, 6.07) is 9.12. The van der Waals surface area contributed by atoms with Gasteiger partial charge in [-0.15, -0.1) is 11.3 Å². The molecule has 0 unspecified atom stereocenters. The van der Waals surface area contributed by atoms with Crippen LogP contribution >= 0.6 is 11.3 Å². The number of thiazole rings is 1. The van der Waals surface area contributed by atoms with E-state index in [-0.39, 0.29) is 21.8 Å². The van der Waals surface area contributed by atoms with Gasteiger partial charge in [-0.1, -0.05) is 6.07 Å². The maximum atomic E-state index is 12.6. The lowest BCUT2D eigenvalue weighted by Gasteiger charge is -2.12. The van der Waals surface area contributed by atoms with Gasteiger partial charge in [0.15, 0.2) is 5.13 Å². The molecule has 28 heavy (non-hydrogen) atoms. The van der Waals surface area contributed by atoms with Crippen LogP contribution < -0.4 is 10.0 Å². The average Bonchev–Trinajstić information content (AvgIpc) is 3.16. The molecule has 11 heteroatoms. The first-order valence-corrected chi connectivity index (χ1v) is 10.2. The Balaban J connectivity index is 1.84. The molecular weight excluding hydrogens is 404 g/mol. The highest BCUT2D eigenvalue weighted by molar-refractivity contribution is 7.92. The van der Waals surface area contributed by atoms with E-state index in [1.807, 2.05) is 0 Å². The van der Waals surface area contributed by atoms with E-state index in [1.165, 1.54) is 17.4 Å². The Kier molecular flexibility index (Phi) is 5.38. The van der Waals surface area contributed by atoms with Crippen molar-refractivity contribution in [2.45, 2.75) is 11.8 Å². The van der Waals surface area contributed by atoms with Crippen LogP contribution in [0.1, 0.15) is 15.9 Å². The van der Waals surface area contributed by atoms with Crippen LogP contribution in [-0.4, -0.2) is 24.2 Å². The molecule has 144 valence electrons. The number of nitrogens with one attached hydrogen (secondary N) is 2. The molecule has 1 aromatic heterocycles. The van der Waals surface area contributed by atoms with E-state index in [2.05, 4.69) is 15.0 Å².